The Balaban J connectivity index is 1.90. The van der Waals surface area contributed by atoms with E-state index in [-0.39, 0.29) is 11.5 Å². The number of phenolic OH excluding ortho intramolecular Hbond substituents is 2. The molecule has 2 N–H and O–H groups in total. The average Bonchev–Trinajstić information content (AvgIpc) is 2.40. The highest BCUT2D eigenvalue weighted by Gasteiger charge is 1.97. The predicted octanol–water partition coefficient (Wildman–Crippen LogP) is 3.74. The second-order valence-corrected chi connectivity index (χ2v) is 4.17. The fraction of sp³-hybridized carbons (Fsp3) is 0.125. The Labute approximate surface area is 107 Å². The van der Waals surface area contributed by atoms with Gasteiger partial charge in [0.25, 0.3) is 0 Å². The van der Waals surface area contributed by atoms with Crippen LogP contribution in [0.3, 0.4) is 0 Å². The van der Waals surface area contributed by atoms with Crippen LogP contribution in [0, 0.1) is 0 Å². The van der Waals surface area contributed by atoms with Gasteiger partial charge in [-0.15, -0.1) is 0 Å². The molecule has 0 aliphatic carbocycles. The molecule has 0 aliphatic heterocycles. The maximum atomic E-state index is 9.35. The first-order valence-electron chi connectivity index (χ1n) is 5.98. The van der Waals surface area contributed by atoms with Crippen molar-refractivity contribution in [3.05, 3.63) is 65.7 Å². The monoisotopic (exact) mass is 240 g/mol. The number of rotatable bonds is 4. The van der Waals surface area contributed by atoms with Crippen LogP contribution >= 0.6 is 0 Å². The van der Waals surface area contributed by atoms with E-state index >= 15 is 0 Å². The third-order valence-electron chi connectivity index (χ3n) is 2.75. The smallest absolute Gasteiger partial charge is 0.157 e. The van der Waals surface area contributed by atoms with E-state index in [1.54, 1.807) is 12.1 Å². The van der Waals surface area contributed by atoms with Crippen molar-refractivity contribution < 1.29 is 10.2 Å². The molecule has 2 aromatic rings. The maximum absolute atomic E-state index is 9.35. The molecule has 0 aliphatic rings. The summed E-state index contributed by atoms with van der Waals surface area (Å²) in [6.45, 7) is 0. The molecule has 0 fully saturated rings. The highest BCUT2D eigenvalue weighted by atomic mass is 16.3. The molecular formula is C16H16O2. The van der Waals surface area contributed by atoms with Crippen molar-refractivity contribution in [3.63, 3.8) is 0 Å². The van der Waals surface area contributed by atoms with E-state index in [0.717, 1.165) is 18.4 Å². The highest BCUT2D eigenvalue weighted by Crippen LogP contribution is 2.25. The number of phenols is 2. The van der Waals surface area contributed by atoms with Crippen LogP contribution in [-0.2, 0) is 6.42 Å². The Morgan fingerprint density at radius 1 is 0.889 bits per heavy atom. The average molecular weight is 240 g/mol. The van der Waals surface area contributed by atoms with Crippen LogP contribution in [-0.4, -0.2) is 10.2 Å². The lowest BCUT2D eigenvalue weighted by Gasteiger charge is -1.99. The zero-order chi connectivity index (χ0) is 12.8. The summed E-state index contributed by atoms with van der Waals surface area (Å²) in [5.74, 6) is -0.170. The first-order valence-corrected chi connectivity index (χ1v) is 5.98. The summed E-state index contributed by atoms with van der Waals surface area (Å²) in [4.78, 5) is 0. The molecule has 2 nitrogen and oxygen atoms in total. The lowest BCUT2D eigenvalue weighted by Crippen LogP contribution is -1.81. The van der Waals surface area contributed by atoms with Crippen LogP contribution in [0.25, 0.3) is 6.08 Å². The van der Waals surface area contributed by atoms with E-state index in [1.807, 2.05) is 24.3 Å². The molecule has 2 heteroatoms. The number of benzene rings is 2. The van der Waals surface area contributed by atoms with Gasteiger partial charge in [-0.3, -0.25) is 0 Å². The minimum Gasteiger partial charge on any atom is -0.504 e. The second kappa shape index (κ2) is 5.92. The Morgan fingerprint density at radius 2 is 1.67 bits per heavy atom. The van der Waals surface area contributed by atoms with Crippen molar-refractivity contribution in [2.75, 3.05) is 0 Å². The number of allylic oxidation sites excluding steroid dienone is 1. The minimum atomic E-state index is -0.0866. The van der Waals surface area contributed by atoms with Gasteiger partial charge in [-0.2, -0.15) is 0 Å². The topological polar surface area (TPSA) is 40.5 Å². The summed E-state index contributed by atoms with van der Waals surface area (Å²) in [5, 5.41) is 18.5. The molecule has 0 amide bonds. The van der Waals surface area contributed by atoms with Gasteiger partial charge in [0.1, 0.15) is 0 Å². The van der Waals surface area contributed by atoms with Gasteiger partial charge in [-0.05, 0) is 36.1 Å². The van der Waals surface area contributed by atoms with E-state index in [9.17, 15) is 10.2 Å². The number of hydrogen-bond donors (Lipinski definition) is 2. The third kappa shape index (κ3) is 3.39. The molecule has 2 rings (SSSR count). The molecule has 0 saturated carbocycles. The Bertz CT molecular complexity index is 530. The van der Waals surface area contributed by atoms with E-state index in [1.165, 1.54) is 11.6 Å². The molecule has 0 unspecified atom stereocenters. The standard InChI is InChI=1S/C16H16O2/c17-15-11-10-14(12-16(15)18)9-5-4-8-13-6-2-1-3-7-13/h1-3,5-7,9-12,17-18H,4,8H2. The zero-order valence-electron chi connectivity index (χ0n) is 10.1. The molecule has 0 atom stereocenters. The van der Waals surface area contributed by atoms with Gasteiger partial charge >= 0.3 is 0 Å². The van der Waals surface area contributed by atoms with E-state index in [2.05, 4.69) is 18.2 Å². The van der Waals surface area contributed by atoms with Crippen LogP contribution < -0.4 is 0 Å². The molecule has 18 heavy (non-hydrogen) atoms. The van der Waals surface area contributed by atoms with Gasteiger partial charge in [-0.1, -0.05) is 48.6 Å². The lowest BCUT2D eigenvalue weighted by molar-refractivity contribution is 0.403. The van der Waals surface area contributed by atoms with Crippen LogP contribution in [0.15, 0.2) is 54.6 Å². The minimum absolute atomic E-state index is 0.0831. The van der Waals surface area contributed by atoms with Gasteiger partial charge < -0.3 is 10.2 Å². The Morgan fingerprint density at radius 3 is 2.39 bits per heavy atom. The number of aromatic hydroxyl groups is 2. The van der Waals surface area contributed by atoms with E-state index in [4.69, 9.17) is 0 Å². The van der Waals surface area contributed by atoms with Gasteiger partial charge in [0.05, 0.1) is 0 Å². The summed E-state index contributed by atoms with van der Waals surface area (Å²) in [7, 11) is 0. The largest absolute Gasteiger partial charge is 0.504 e. The molecule has 0 saturated heterocycles. The van der Waals surface area contributed by atoms with E-state index in [0.29, 0.717) is 0 Å². The first-order chi connectivity index (χ1) is 8.75. The van der Waals surface area contributed by atoms with Crippen molar-refractivity contribution in [2.24, 2.45) is 0 Å². The molecule has 0 bridgehead atoms. The first kappa shape index (κ1) is 12.2. The molecule has 0 aromatic heterocycles. The van der Waals surface area contributed by atoms with Gasteiger partial charge in [0.15, 0.2) is 11.5 Å². The molecule has 0 spiro atoms. The zero-order valence-corrected chi connectivity index (χ0v) is 10.1. The fourth-order valence-electron chi connectivity index (χ4n) is 1.76. The van der Waals surface area contributed by atoms with Crippen LogP contribution in [0.4, 0.5) is 0 Å². The molecule has 0 radical (unpaired) electrons. The SMILES string of the molecule is Oc1ccc(C=CCCc2ccccc2)cc1O. The molecule has 0 heterocycles. The summed E-state index contributed by atoms with van der Waals surface area (Å²) < 4.78 is 0. The summed E-state index contributed by atoms with van der Waals surface area (Å²) >= 11 is 0. The fourth-order valence-corrected chi connectivity index (χ4v) is 1.76. The predicted molar refractivity (Wildman–Crippen MR) is 73.6 cm³/mol. The summed E-state index contributed by atoms with van der Waals surface area (Å²) in [6.07, 6.45) is 5.97. The second-order valence-electron chi connectivity index (χ2n) is 4.17. The van der Waals surface area contributed by atoms with Gasteiger partial charge in [0, 0.05) is 0 Å². The number of aryl methyl sites for hydroxylation is 1. The Hall–Kier alpha value is -2.22. The van der Waals surface area contributed by atoms with Crippen LogP contribution in [0.5, 0.6) is 11.5 Å². The molecule has 92 valence electrons. The lowest BCUT2D eigenvalue weighted by atomic mass is 10.1. The van der Waals surface area contributed by atoms with Crippen LogP contribution in [0.2, 0.25) is 0 Å². The van der Waals surface area contributed by atoms with E-state index < -0.39 is 0 Å². The summed E-state index contributed by atoms with van der Waals surface area (Å²) in [6, 6.07) is 15.1. The Kier molecular flexibility index (Phi) is 4.02. The van der Waals surface area contributed by atoms with Crippen molar-refractivity contribution in [2.45, 2.75) is 12.8 Å². The van der Waals surface area contributed by atoms with Crippen molar-refractivity contribution in [1.29, 1.82) is 0 Å². The number of hydrogen-bond acceptors (Lipinski definition) is 2. The van der Waals surface area contributed by atoms with Crippen LogP contribution in [0.1, 0.15) is 17.5 Å². The third-order valence-corrected chi connectivity index (χ3v) is 2.75. The normalized spacial score (nSPS) is 10.9. The quantitative estimate of drug-likeness (QED) is 0.799. The molecule has 2 aromatic carbocycles. The van der Waals surface area contributed by atoms with Crippen molar-refractivity contribution >= 4 is 6.08 Å². The van der Waals surface area contributed by atoms with Gasteiger partial charge in [0.2, 0.25) is 0 Å². The summed E-state index contributed by atoms with van der Waals surface area (Å²) in [5.41, 5.74) is 2.20. The van der Waals surface area contributed by atoms with Crippen molar-refractivity contribution in [3.8, 4) is 11.5 Å². The molecular weight excluding hydrogens is 224 g/mol. The highest BCUT2D eigenvalue weighted by molar-refractivity contribution is 5.55. The van der Waals surface area contributed by atoms with Gasteiger partial charge in [-0.25, -0.2) is 0 Å². The maximum Gasteiger partial charge on any atom is 0.157 e. The van der Waals surface area contributed by atoms with Crippen molar-refractivity contribution in [1.82, 2.24) is 0 Å².